The molecule has 2 aliphatic rings. The third kappa shape index (κ3) is 4.57. The van der Waals surface area contributed by atoms with Gasteiger partial charge in [-0.1, -0.05) is 18.2 Å². The summed E-state index contributed by atoms with van der Waals surface area (Å²) in [5.41, 5.74) is 3.33. The number of nitrogens with one attached hydrogen (secondary N) is 3. The van der Waals surface area contributed by atoms with Crippen LogP contribution in [0.2, 0.25) is 0 Å². The van der Waals surface area contributed by atoms with Crippen LogP contribution in [-0.2, 0) is 12.0 Å². The van der Waals surface area contributed by atoms with E-state index in [1.807, 2.05) is 38.1 Å². The van der Waals surface area contributed by atoms with E-state index in [2.05, 4.69) is 31.1 Å². The molecule has 1 saturated carbocycles. The lowest BCUT2D eigenvalue weighted by Gasteiger charge is -2.19. The van der Waals surface area contributed by atoms with E-state index in [0.717, 1.165) is 29.7 Å². The van der Waals surface area contributed by atoms with Gasteiger partial charge in [-0.15, -0.1) is 10.2 Å². The summed E-state index contributed by atoms with van der Waals surface area (Å²) in [6, 6.07) is 12.8. The van der Waals surface area contributed by atoms with Gasteiger partial charge in [-0.05, 0) is 68.5 Å². The van der Waals surface area contributed by atoms with Crippen LogP contribution in [0.1, 0.15) is 60.0 Å². The van der Waals surface area contributed by atoms with Crippen molar-refractivity contribution in [3.05, 3.63) is 71.2 Å². The van der Waals surface area contributed by atoms with Gasteiger partial charge in [0.2, 0.25) is 11.8 Å². The fourth-order valence-electron chi connectivity index (χ4n) is 4.49. The van der Waals surface area contributed by atoms with Gasteiger partial charge in [0, 0.05) is 29.9 Å². The predicted octanol–water partition coefficient (Wildman–Crippen LogP) is 4.49. The summed E-state index contributed by atoms with van der Waals surface area (Å²) >= 11 is 0. The molecule has 4 aromatic rings. The van der Waals surface area contributed by atoms with Crippen LogP contribution in [0.25, 0.3) is 11.5 Å². The first kappa shape index (κ1) is 23.0. The van der Waals surface area contributed by atoms with Crippen LogP contribution in [0.4, 0.5) is 17.5 Å². The van der Waals surface area contributed by atoms with Crippen LogP contribution >= 0.6 is 0 Å². The third-order valence-electron chi connectivity index (χ3n) is 6.68. The van der Waals surface area contributed by atoms with E-state index in [9.17, 15) is 9.90 Å². The zero-order valence-corrected chi connectivity index (χ0v) is 20.6. The monoisotopic (exact) mass is 497 g/mol. The largest absolute Gasteiger partial charge is 0.508 e. The van der Waals surface area contributed by atoms with E-state index in [0.29, 0.717) is 53.6 Å². The van der Waals surface area contributed by atoms with Crippen molar-refractivity contribution in [1.29, 1.82) is 0 Å². The Hall–Kier alpha value is -4.47. The van der Waals surface area contributed by atoms with E-state index in [1.54, 1.807) is 24.4 Å². The summed E-state index contributed by atoms with van der Waals surface area (Å²) in [7, 11) is 0. The van der Waals surface area contributed by atoms with Crippen LogP contribution < -0.4 is 16.0 Å². The van der Waals surface area contributed by atoms with Crippen molar-refractivity contribution in [3.8, 4) is 17.2 Å². The third-order valence-corrected chi connectivity index (χ3v) is 6.68. The van der Waals surface area contributed by atoms with Crippen molar-refractivity contribution in [1.82, 2.24) is 25.5 Å². The maximum Gasteiger partial charge on any atom is 0.253 e. The first-order valence-corrected chi connectivity index (χ1v) is 12.3. The van der Waals surface area contributed by atoms with E-state index in [4.69, 9.17) is 9.40 Å². The number of nitrogens with zero attached hydrogens (tertiary/aromatic N) is 4. The number of phenolic OH excluding ortho intramolecular Hbond substituents is 1. The van der Waals surface area contributed by atoms with Crippen LogP contribution in [0.15, 0.2) is 53.1 Å². The first-order chi connectivity index (χ1) is 17.9. The molecule has 37 heavy (non-hydrogen) atoms. The Morgan fingerprint density at radius 2 is 1.97 bits per heavy atom. The van der Waals surface area contributed by atoms with Crippen LogP contribution in [-0.4, -0.2) is 37.7 Å². The van der Waals surface area contributed by atoms with E-state index in [1.165, 1.54) is 0 Å². The molecule has 0 bridgehead atoms. The minimum Gasteiger partial charge on any atom is -0.508 e. The summed E-state index contributed by atoms with van der Waals surface area (Å²) in [5.74, 6) is 2.44. The number of amides is 1. The molecule has 0 radical (unpaired) electrons. The number of fused-ring (bicyclic) bond motifs is 1. The second-order valence-electron chi connectivity index (χ2n) is 9.95. The highest BCUT2D eigenvalue weighted by Crippen LogP contribution is 2.40. The lowest BCUT2D eigenvalue weighted by molar-refractivity contribution is 0.0940. The molecule has 10 nitrogen and oxygen atoms in total. The number of para-hydroxylation sites is 1. The first-order valence-electron chi connectivity index (χ1n) is 12.3. The number of benzene rings is 2. The van der Waals surface area contributed by atoms with Gasteiger partial charge < -0.3 is 25.5 Å². The maximum absolute atomic E-state index is 12.2. The van der Waals surface area contributed by atoms with Gasteiger partial charge in [0.25, 0.3) is 11.8 Å². The summed E-state index contributed by atoms with van der Waals surface area (Å²) in [4.78, 5) is 21.4. The maximum atomic E-state index is 12.2. The standard InChI is InChI=1S/C27H27N7O3/c1-27(2)20-13-17(9-10-18(20)23(36)32-27)30-26-29-14-19(25-34-33-24(37-25)16-7-8-16)22(31-26)28-12-11-15-5-3-4-6-21(15)35/h3-6,9-10,13-14,16,35H,7-8,11-12H2,1-2H3,(H,32,36)(H2,28,29,30,31). The minimum absolute atomic E-state index is 0.0757. The van der Waals surface area contributed by atoms with Crippen molar-refractivity contribution in [2.75, 3.05) is 17.2 Å². The highest BCUT2D eigenvalue weighted by molar-refractivity contribution is 6.00. The molecule has 1 aliphatic carbocycles. The van der Waals surface area contributed by atoms with E-state index >= 15 is 0 Å². The zero-order valence-electron chi connectivity index (χ0n) is 20.6. The highest BCUT2D eigenvalue weighted by atomic mass is 16.4. The molecule has 0 spiro atoms. The van der Waals surface area contributed by atoms with Crippen molar-refractivity contribution >= 4 is 23.4 Å². The SMILES string of the molecule is CC1(C)NC(=O)c2ccc(Nc3ncc(-c4nnc(C5CC5)o4)c(NCCc4ccccc4O)n3)cc21. The summed E-state index contributed by atoms with van der Waals surface area (Å²) < 4.78 is 5.92. The molecule has 0 unspecified atom stereocenters. The molecule has 2 aromatic heterocycles. The lowest BCUT2D eigenvalue weighted by atomic mass is 9.94. The number of anilines is 3. The summed E-state index contributed by atoms with van der Waals surface area (Å²) in [6.07, 6.45) is 4.37. The number of hydrogen-bond donors (Lipinski definition) is 4. The summed E-state index contributed by atoms with van der Waals surface area (Å²) in [6.45, 7) is 4.46. The van der Waals surface area contributed by atoms with Gasteiger partial charge in [-0.3, -0.25) is 4.79 Å². The molecule has 10 heteroatoms. The van der Waals surface area contributed by atoms with Crippen LogP contribution in [0.3, 0.4) is 0 Å². The molecular weight excluding hydrogens is 470 g/mol. The normalized spacial score (nSPS) is 15.8. The fourth-order valence-corrected chi connectivity index (χ4v) is 4.49. The Morgan fingerprint density at radius 3 is 2.78 bits per heavy atom. The molecule has 188 valence electrons. The fraction of sp³-hybridized carbons (Fsp3) is 0.296. The van der Waals surface area contributed by atoms with Crippen LogP contribution in [0.5, 0.6) is 5.75 Å². The summed E-state index contributed by atoms with van der Waals surface area (Å²) in [5, 5.41) is 28.1. The Morgan fingerprint density at radius 1 is 1.14 bits per heavy atom. The highest BCUT2D eigenvalue weighted by Gasteiger charge is 2.35. The molecule has 1 fully saturated rings. The van der Waals surface area contributed by atoms with Crippen LogP contribution in [0, 0.1) is 0 Å². The molecule has 4 N–H and O–H groups in total. The van der Waals surface area contributed by atoms with Crippen molar-refractivity contribution < 1.29 is 14.3 Å². The molecule has 6 rings (SSSR count). The Labute approximate surface area is 213 Å². The molecule has 0 saturated heterocycles. The molecule has 1 amide bonds. The second-order valence-corrected chi connectivity index (χ2v) is 9.95. The lowest BCUT2D eigenvalue weighted by Crippen LogP contribution is -2.32. The van der Waals surface area contributed by atoms with Gasteiger partial charge in [0.1, 0.15) is 11.6 Å². The van der Waals surface area contributed by atoms with E-state index < -0.39 is 5.54 Å². The Balaban J connectivity index is 1.27. The quantitative estimate of drug-likeness (QED) is 0.277. The number of aromatic nitrogens is 4. The number of carbonyl (C=O) groups excluding carboxylic acids is 1. The number of hydrogen-bond acceptors (Lipinski definition) is 9. The number of rotatable bonds is 8. The van der Waals surface area contributed by atoms with Crippen molar-refractivity contribution in [3.63, 3.8) is 0 Å². The average molecular weight is 498 g/mol. The van der Waals surface area contributed by atoms with Gasteiger partial charge >= 0.3 is 0 Å². The number of aromatic hydroxyl groups is 1. The van der Waals surface area contributed by atoms with Gasteiger partial charge in [-0.25, -0.2) is 4.98 Å². The average Bonchev–Trinajstić information content (AvgIpc) is 3.56. The van der Waals surface area contributed by atoms with Crippen molar-refractivity contribution in [2.45, 2.75) is 44.6 Å². The smallest absolute Gasteiger partial charge is 0.253 e. The number of carbonyl (C=O) groups is 1. The molecule has 3 heterocycles. The molecular formula is C27H27N7O3. The Kier molecular flexibility index (Phi) is 5.51. The van der Waals surface area contributed by atoms with Gasteiger partial charge in [0.05, 0.1) is 11.1 Å². The minimum atomic E-state index is -0.457. The van der Waals surface area contributed by atoms with E-state index in [-0.39, 0.29) is 11.7 Å². The topological polar surface area (TPSA) is 138 Å². The predicted molar refractivity (Wildman–Crippen MR) is 138 cm³/mol. The zero-order chi connectivity index (χ0) is 25.6. The molecule has 0 atom stereocenters. The Bertz CT molecular complexity index is 1490. The van der Waals surface area contributed by atoms with Gasteiger partial charge in [0.15, 0.2) is 0 Å². The molecule has 1 aliphatic heterocycles. The number of phenols is 1. The second kappa shape index (κ2) is 8.88. The van der Waals surface area contributed by atoms with Crippen molar-refractivity contribution in [2.24, 2.45) is 0 Å². The van der Waals surface area contributed by atoms with Gasteiger partial charge in [-0.2, -0.15) is 4.98 Å². The molecule has 2 aromatic carbocycles.